The third kappa shape index (κ3) is 13.4. The molecule has 0 aliphatic heterocycles. The fourth-order valence-corrected chi connectivity index (χ4v) is 3.03. The van der Waals surface area contributed by atoms with Crippen LogP contribution >= 0.6 is 0 Å². The van der Waals surface area contributed by atoms with Crippen LogP contribution in [0.15, 0.2) is 30.3 Å². The van der Waals surface area contributed by atoms with Crippen molar-refractivity contribution < 1.29 is 9.90 Å². The molecule has 0 bridgehead atoms. The Bertz CT molecular complexity index is 473. The smallest absolute Gasteiger partial charge is 0.303 e. The maximum absolute atomic E-state index is 10.4. The number of aryl methyl sites for hydroxylation is 1. The molecule has 0 amide bonds. The van der Waals surface area contributed by atoms with Gasteiger partial charge in [0.15, 0.2) is 0 Å². The van der Waals surface area contributed by atoms with E-state index in [4.69, 9.17) is 5.11 Å². The lowest BCUT2D eigenvalue weighted by molar-refractivity contribution is -0.137. The zero-order chi connectivity index (χ0) is 18.2. The third-order valence-corrected chi connectivity index (χ3v) is 4.65. The van der Waals surface area contributed by atoms with Crippen molar-refractivity contribution in [3.8, 4) is 0 Å². The summed E-state index contributed by atoms with van der Waals surface area (Å²) in [5.41, 5.74) is 2.61. The molecule has 0 fully saturated rings. The minimum absolute atomic E-state index is 0.334. The average molecular weight is 345 g/mol. The van der Waals surface area contributed by atoms with Gasteiger partial charge >= 0.3 is 5.97 Å². The summed E-state index contributed by atoms with van der Waals surface area (Å²) in [5, 5.41) is 8.56. The molecule has 140 valence electrons. The Morgan fingerprint density at radius 1 is 0.800 bits per heavy atom. The summed E-state index contributed by atoms with van der Waals surface area (Å²) in [5.74, 6) is -0.661. The van der Waals surface area contributed by atoms with Gasteiger partial charge in [-0.1, -0.05) is 99.8 Å². The zero-order valence-corrected chi connectivity index (χ0v) is 16.0. The van der Waals surface area contributed by atoms with E-state index in [0.717, 1.165) is 12.8 Å². The minimum Gasteiger partial charge on any atom is -0.481 e. The van der Waals surface area contributed by atoms with Gasteiger partial charge in [0.2, 0.25) is 0 Å². The molecular weight excluding hydrogens is 308 g/mol. The van der Waals surface area contributed by atoms with Gasteiger partial charge in [-0.2, -0.15) is 0 Å². The molecule has 0 radical (unpaired) electrons. The maximum atomic E-state index is 10.4. The Labute approximate surface area is 154 Å². The lowest BCUT2D eigenvalue weighted by atomic mass is 10.0. The van der Waals surface area contributed by atoms with Crippen molar-refractivity contribution in [2.24, 2.45) is 0 Å². The monoisotopic (exact) mass is 344 g/mol. The Morgan fingerprint density at radius 2 is 1.28 bits per heavy atom. The van der Waals surface area contributed by atoms with Crippen LogP contribution in [0.3, 0.4) is 0 Å². The van der Waals surface area contributed by atoms with Crippen molar-refractivity contribution in [1.82, 2.24) is 0 Å². The van der Waals surface area contributed by atoms with Crippen LogP contribution in [0.1, 0.15) is 94.6 Å². The van der Waals surface area contributed by atoms with Crippen LogP contribution in [0.25, 0.3) is 6.08 Å². The molecule has 0 saturated carbocycles. The highest BCUT2D eigenvalue weighted by molar-refractivity contribution is 5.66. The number of aliphatic carboxylic acids is 1. The number of hydrogen-bond acceptors (Lipinski definition) is 1. The number of unbranched alkanes of at least 4 members (excludes halogenated alkanes) is 11. The molecule has 1 N–H and O–H groups in total. The lowest BCUT2D eigenvalue weighted by Gasteiger charge is -2.02. The first-order valence-corrected chi connectivity index (χ1v) is 10.1. The predicted octanol–water partition coefficient (Wildman–Crippen LogP) is 7.16. The van der Waals surface area contributed by atoms with Crippen molar-refractivity contribution in [2.45, 2.75) is 90.4 Å². The standard InChI is InChI=1S/C23H36O2/c1-21-17-19-22(20-18-21)15-13-11-9-7-5-3-2-4-6-8-10-12-14-16-23(24)25/h13,15,17-20H,2-12,14,16H2,1H3,(H,24,25)/b15-13+. The van der Waals surface area contributed by atoms with Crippen molar-refractivity contribution in [3.05, 3.63) is 41.5 Å². The zero-order valence-electron chi connectivity index (χ0n) is 16.0. The van der Waals surface area contributed by atoms with E-state index < -0.39 is 5.97 Å². The number of hydrogen-bond donors (Lipinski definition) is 1. The number of carboxylic acids is 1. The van der Waals surface area contributed by atoms with Crippen LogP contribution in [0.5, 0.6) is 0 Å². The van der Waals surface area contributed by atoms with E-state index in [1.54, 1.807) is 0 Å². The van der Waals surface area contributed by atoms with Gasteiger partial charge in [0.05, 0.1) is 0 Å². The molecule has 2 nitrogen and oxygen atoms in total. The maximum Gasteiger partial charge on any atom is 0.303 e. The molecule has 1 aromatic rings. The molecule has 0 atom stereocenters. The molecule has 1 rings (SSSR count). The minimum atomic E-state index is -0.661. The van der Waals surface area contributed by atoms with Gasteiger partial charge in [-0.25, -0.2) is 0 Å². The van der Waals surface area contributed by atoms with Crippen LogP contribution in [0.2, 0.25) is 0 Å². The van der Waals surface area contributed by atoms with Gasteiger partial charge in [-0.05, 0) is 31.7 Å². The van der Waals surface area contributed by atoms with E-state index >= 15 is 0 Å². The van der Waals surface area contributed by atoms with Crippen LogP contribution in [-0.4, -0.2) is 11.1 Å². The predicted molar refractivity (Wildman–Crippen MR) is 108 cm³/mol. The highest BCUT2D eigenvalue weighted by Gasteiger charge is 1.97. The molecule has 0 unspecified atom stereocenters. The highest BCUT2D eigenvalue weighted by atomic mass is 16.4. The summed E-state index contributed by atoms with van der Waals surface area (Å²) in [6, 6.07) is 8.68. The number of carbonyl (C=O) groups is 1. The largest absolute Gasteiger partial charge is 0.481 e. The van der Waals surface area contributed by atoms with Crippen LogP contribution in [-0.2, 0) is 4.79 Å². The van der Waals surface area contributed by atoms with Gasteiger partial charge in [0, 0.05) is 6.42 Å². The van der Waals surface area contributed by atoms with E-state index in [0.29, 0.717) is 6.42 Å². The van der Waals surface area contributed by atoms with E-state index in [1.165, 1.54) is 75.3 Å². The first kappa shape index (κ1) is 21.5. The molecule has 1 aromatic carbocycles. The molecule has 0 spiro atoms. The Hall–Kier alpha value is -1.57. The van der Waals surface area contributed by atoms with Gasteiger partial charge in [-0.15, -0.1) is 0 Å². The van der Waals surface area contributed by atoms with Gasteiger partial charge in [0.1, 0.15) is 0 Å². The van der Waals surface area contributed by atoms with Crippen molar-refractivity contribution in [2.75, 3.05) is 0 Å². The van der Waals surface area contributed by atoms with Crippen molar-refractivity contribution in [1.29, 1.82) is 0 Å². The summed E-state index contributed by atoms with van der Waals surface area (Å²) >= 11 is 0. The molecule has 0 aliphatic carbocycles. The molecule has 0 heterocycles. The Kier molecular flexibility index (Phi) is 12.7. The Morgan fingerprint density at radius 3 is 1.80 bits per heavy atom. The second kappa shape index (κ2) is 14.7. The molecule has 0 aliphatic rings. The van der Waals surface area contributed by atoms with Crippen molar-refractivity contribution in [3.63, 3.8) is 0 Å². The van der Waals surface area contributed by atoms with Crippen LogP contribution in [0.4, 0.5) is 0 Å². The fourth-order valence-electron chi connectivity index (χ4n) is 3.03. The summed E-state index contributed by atoms with van der Waals surface area (Å²) in [6.07, 6.45) is 19.8. The van der Waals surface area contributed by atoms with E-state index in [-0.39, 0.29) is 0 Å². The number of allylic oxidation sites excluding steroid dienone is 1. The van der Waals surface area contributed by atoms with Crippen LogP contribution in [0, 0.1) is 6.92 Å². The fraction of sp³-hybridized carbons (Fsp3) is 0.609. The van der Waals surface area contributed by atoms with E-state index in [2.05, 4.69) is 43.3 Å². The SMILES string of the molecule is Cc1ccc(/C=C/CCCCCCCCCCCCCC(=O)O)cc1. The first-order chi connectivity index (χ1) is 12.2. The quantitative estimate of drug-likeness (QED) is 0.343. The lowest BCUT2D eigenvalue weighted by Crippen LogP contribution is -1.93. The van der Waals surface area contributed by atoms with Gasteiger partial charge in [0.25, 0.3) is 0 Å². The average Bonchev–Trinajstić information content (AvgIpc) is 2.59. The molecular formula is C23H36O2. The molecule has 25 heavy (non-hydrogen) atoms. The van der Waals surface area contributed by atoms with Gasteiger partial charge < -0.3 is 5.11 Å². The topological polar surface area (TPSA) is 37.3 Å². The second-order valence-electron chi connectivity index (χ2n) is 7.13. The summed E-state index contributed by atoms with van der Waals surface area (Å²) in [4.78, 5) is 10.4. The third-order valence-electron chi connectivity index (χ3n) is 4.65. The number of rotatable bonds is 15. The Balaban J connectivity index is 1.81. The second-order valence-corrected chi connectivity index (χ2v) is 7.13. The summed E-state index contributed by atoms with van der Waals surface area (Å²) in [7, 11) is 0. The van der Waals surface area contributed by atoms with E-state index in [1.807, 2.05) is 0 Å². The number of benzene rings is 1. The first-order valence-electron chi connectivity index (χ1n) is 10.1. The molecule has 0 aromatic heterocycles. The molecule has 0 saturated heterocycles. The van der Waals surface area contributed by atoms with Crippen LogP contribution < -0.4 is 0 Å². The van der Waals surface area contributed by atoms with E-state index in [9.17, 15) is 4.79 Å². The normalized spacial score (nSPS) is 11.2. The number of carboxylic acid groups (broad SMARTS) is 1. The molecule has 2 heteroatoms. The van der Waals surface area contributed by atoms with Gasteiger partial charge in [-0.3, -0.25) is 4.79 Å². The summed E-state index contributed by atoms with van der Waals surface area (Å²) < 4.78 is 0. The summed E-state index contributed by atoms with van der Waals surface area (Å²) in [6.45, 7) is 2.12. The highest BCUT2D eigenvalue weighted by Crippen LogP contribution is 2.13. The van der Waals surface area contributed by atoms with Crippen molar-refractivity contribution >= 4 is 12.0 Å².